The lowest BCUT2D eigenvalue weighted by molar-refractivity contribution is 0.0751. The van der Waals surface area contributed by atoms with Gasteiger partial charge >= 0.3 is 0 Å². The molecular weight excluding hydrogens is 300 g/mol. The summed E-state index contributed by atoms with van der Waals surface area (Å²) in [4.78, 5) is 14.2. The molecule has 0 unspecified atom stereocenters. The fraction of sp³-hybridized carbons (Fsp3) is 0.462. The standard InChI is InChI=1S/C13H17ClN2O3S/c1-3-16(10-4-5-10)13(17)11-6-9(14)7-12(8(11)2)20(15,18)19/h6-7,10H,3-5H2,1-2H3,(H2,15,18,19). The smallest absolute Gasteiger partial charge is 0.254 e. The lowest BCUT2D eigenvalue weighted by atomic mass is 10.1. The minimum absolute atomic E-state index is 0.0970. The SMILES string of the molecule is CCN(C(=O)c1cc(Cl)cc(S(N)(=O)=O)c1C)C1CC1. The number of carbonyl (C=O) groups is 1. The molecule has 2 N–H and O–H groups in total. The number of rotatable bonds is 4. The summed E-state index contributed by atoms with van der Waals surface area (Å²) in [5, 5.41) is 5.35. The molecule has 5 nitrogen and oxygen atoms in total. The molecular formula is C13H17ClN2O3S. The Bertz CT molecular complexity index is 654. The van der Waals surface area contributed by atoms with Crippen LogP contribution in [0.3, 0.4) is 0 Å². The molecule has 1 saturated carbocycles. The molecule has 2 rings (SSSR count). The van der Waals surface area contributed by atoms with Gasteiger partial charge < -0.3 is 4.90 Å². The Kier molecular flexibility index (Phi) is 4.09. The first kappa shape index (κ1) is 15.3. The molecule has 0 aromatic heterocycles. The summed E-state index contributed by atoms with van der Waals surface area (Å²) in [7, 11) is -3.90. The molecule has 1 fully saturated rings. The van der Waals surface area contributed by atoms with Crippen LogP contribution < -0.4 is 5.14 Å². The van der Waals surface area contributed by atoms with Gasteiger partial charge in [0, 0.05) is 23.2 Å². The van der Waals surface area contributed by atoms with Gasteiger partial charge in [0.05, 0.1) is 4.90 Å². The van der Waals surface area contributed by atoms with Crippen LogP contribution >= 0.6 is 11.6 Å². The number of hydrogen-bond donors (Lipinski definition) is 1. The van der Waals surface area contributed by atoms with Gasteiger partial charge in [-0.3, -0.25) is 4.79 Å². The third kappa shape index (κ3) is 2.97. The Labute approximate surface area is 123 Å². The molecule has 1 aliphatic rings. The number of halogens is 1. The highest BCUT2D eigenvalue weighted by atomic mass is 35.5. The number of hydrogen-bond acceptors (Lipinski definition) is 3. The van der Waals surface area contributed by atoms with Crippen molar-refractivity contribution in [1.82, 2.24) is 4.90 Å². The zero-order valence-electron chi connectivity index (χ0n) is 11.4. The largest absolute Gasteiger partial charge is 0.336 e. The number of carbonyl (C=O) groups excluding carboxylic acids is 1. The summed E-state index contributed by atoms with van der Waals surface area (Å²) in [5.74, 6) is -0.195. The summed E-state index contributed by atoms with van der Waals surface area (Å²) in [6, 6.07) is 3.03. The van der Waals surface area contributed by atoms with Crippen LogP contribution in [0, 0.1) is 6.92 Å². The normalized spacial score (nSPS) is 15.2. The van der Waals surface area contributed by atoms with Crippen molar-refractivity contribution in [2.45, 2.75) is 37.6 Å². The molecule has 0 radical (unpaired) electrons. The van der Waals surface area contributed by atoms with Crippen molar-refractivity contribution in [3.63, 3.8) is 0 Å². The topological polar surface area (TPSA) is 80.5 Å². The molecule has 1 amide bonds. The molecule has 110 valence electrons. The first-order valence-corrected chi connectivity index (χ1v) is 8.32. The molecule has 1 aromatic rings. The monoisotopic (exact) mass is 316 g/mol. The molecule has 0 bridgehead atoms. The predicted octanol–water partition coefficient (Wildman–Crippen LogP) is 1.92. The van der Waals surface area contributed by atoms with E-state index in [1.54, 1.807) is 11.8 Å². The van der Waals surface area contributed by atoms with Gasteiger partial charge in [-0.05, 0) is 44.4 Å². The average molecular weight is 317 g/mol. The maximum atomic E-state index is 12.5. The van der Waals surface area contributed by atoms with Crippen LogP contribution in [0.5, 0.6) is 0 Å². The van der Waals surface area contributed by atoms with Crippen LogP contribution in [0.2, 0.25) is 5.02 Å². The molecule has 0 saturated heterocycles. The van der Waals surface area contributed by atoms with Gasteiger partial charge in [-0.1, -0.05) is 11.6 Å². The van der Waals surface area contributed by atoms with E-state index in [1.807, 2.05) is 6.92 Å². The van der Waals surface area contributed by atoms with Gasteiger partial charge in [0.25, 0.3) is 5.91 Å². The highest BCUT2D eigenvalue weighted by Crippen LogP contribution is 2.30. The Hall–Kier alpha value is -1.11. The van der Waals surface area contributed by atoms with Crippen LogP contribution in [-0.2, 0) is 10.0 Å². The summed E-state index contributed by atoms with van der Waals surface area (Å²) in [6.45, 7) is 4.06. The minimum Gasteiger partial charge on any atom is -0.336 e. The third-order valence-corrected chi connectivity index (χ3v) is 4.71. The van der Waals surface area contributed by atoms with Crippen LogP contribution in [-0.4, -0.2) is 31.8 Å². The van der Waals surface area contributed by atoms with E-state index in [9.17, 15) is 13.2 Å². The van der Waals surface area contributed by atoms with Gasteiger partial charge in [-0.25, -0.2) is 13.6 Å². The maximum absolute atomic E-state index is 12.5. The fourth-order valence-electron chi connectivity index (χ4n) is 2.28. The lowest BCUT2D eigenvalue weighted by Gasteiger charge is -2.22. The van der Waals surface area contributed by atoms with E-state index in [0.29, 0.717) is 17.7 Å². The Morgan fingerprint density at radius 1 is 1.45 bits per heavy atom. The predicted molar refractivity (Wildman–Crippen MR) is 77.3 cm³/mol. The van der Waals surface area contributed by atoms with E-state index in [-0.39, 0.29) is 21.9 Å². The quantitative estimate of drug-likeness (QED) is 0.921. The number of nitrogens with zero attached hydrogens (tertiary/aromatic N) is 1. The lowest BCUT2D eigenvalue weighted by Crippen LogP contribution is -2.33. The third-order valence-electron chi connectivity index (χ3n) is 3.45. The zero-order chi connectivity index (χ0) is 15.1. The highest BCUT2D eigenvalue weighted by Gasteiger charge is 2.33. The van der Waals surface area contributed by atoms with Crippen molar-refractivity contribution in [2.75, 3.05) is 6.54 Å². The van der Waals surface area contributed by atoms with E-state index in [0.717, 1.165) is 12.8 Å². The van der Waals surface area contributed by atoms with Crippen molar-refractivity contribution in [2.24, 2.45) is 5.14 Å². The number of primary sulfonamides is 1. The molecule has 0 heterocycles. The summed E-state index contributed by atoms with van der Waals surface area (Å²) >= 11 is 5.92. The highest BCUT2D eigenvalue weighted by molar-refractivity contribution is 7.89. The minimum atomic E-state index is -3.90. The number of sulfonamides is 1. The van der Waals surface area contributed by atoms with Crippen molar-refractivity contribution in [3.05, 3.63) is 28.3 Å². The molecule has 20 heavy (non-hydrogen) atoms. The summed E-state index contributed by atoms with van der Waals surface area (Å²) in [5.41, 5.74) is 0.649. The van der Waals surface area contributed by atoms with Gasteiger partial charge in [-0.2, -0.15) is 0 Å². The second-order valence-electron chi connectivity index (χ2n) is 4.94. The molecule has 1 aromatic carbocycles. The van der Waals surface area contributed by atoms with Crippen molar-refractivity contribution >= 4 is 27.5 Å². The van der Waals surface area contributed by atoms with Crippen molar-refractivity contribution in [1.29, 1.82) is 0 Å². The summed E-state index contributed by atoms with van der Waals surface area (Å²) in [6.07, 6.45) is 1.97. The van der Waals surface area contributed by atoms with E-state index in [2.05, 4.69) is 0 Å². The molecule has 0 atom stereocenters. The van der Waals surface area contributed by atoms with Crippen LogP contribution in [0.4, 0.5) is 0 Å². The van der Waals surface area contributed by atoms with E-state index in [1.165, 1.54) is 12.1 Å². The van der Waals surface area contributed by atoms with Crippen LogP contribution in [0.15, 0.2) is 17.0 Å². The number of benzene rings is 1. The van der Waals surface area contributed by atoms with Gasteiger partial charge in [0.1, 0.15) is 0 Å². The Balaban J connectivity index is 2.51. The second-order valence-corrected chi connectivity index (χ2v) is 6.91. The average Bonchev–Trinajstić information content (AvgIpc) is 3.15. The second kappa shape index (κ2) is 5.35. The molecule has 0 aliphatic heterocycles. The number of nitrogens with two attached hydrogens (primary N) is 1. The molecule has 7 heteroatoms. The molecule has 0 spiro atoms. The zero-order valence-corrected chi connectivity index (χ0v) is 13.0. The van der Waals surface area contributed by atoms with Gasteiger partial charge in [-0.15, -0.1) is 0 Å². The van der Waals surface area contributed by atoms with Crippen LogP contribution in [0.25, 0.3) is 0 Å². The van der Waals surface area contributed by atoms with Gasteiger partial charge in [0.2, 0.25) is 10.0 Å². The first-order valence-electron chi connectivity index (χ1n) is 6.39. The molecule has 1 aliphatic carbocycles. The maximum Gasteiger partial charge on any atom is 0.254 e. The van der Waals surface area contributed by atoms with Crippen molar-refractivity contribution in [3.8, 4) is 0 Å². The van der Waals surface area contributed by atoms with E-state index in [4.69, 9.17) is 16.7 Å². The van der Waals surface area contributed by atoms with Gasteiger partial charge in [0.15, 0.2) is 0 Å². The van der Waals surface area contributed by atoms with Crippen molar-refractivity contribution < 1.29 is 13.2 Å². The Morgan fingerprint density at radius 3 is 2.50 bits per heavy atom. The first-order chi connectivity index (χ1) is 9.25. The summed E-state index contributed by atoms with van der Waals surface area (Å²) < 4.78 is 23.1. The van der Waals surface area contributed by atoms with E-state index < -0.39 is 10.0 Å². The Morgan fingerprint density at radius 2 is 2.05 bits per heavy atom. The fourth-order valence-corrected chi connectivity index (χ4v) is 3.39. The van der Waals surface area contributed by atoms with Crippen LogP contribution in [0.1, 0.15) is 35.7 Å². The number of amides is 1. The van der Waals surface area contributed by atoms with E-state index >= 15 is 0 Å².